The first-order valence-electron chi connectivity index (χ1n) is 6.92. The molecular weight excluding hydrogens is 316 g/mol. The summed E-state index contributed by atoms with van der Waals surface area (Å²) in [4.78, 5) is 0.231. The molecule has 0 saturated carbocycles. The van der Waals surface area contributed by atoms with Crippen LogP contribution in [0, 0.1) is 0 Å². The van der Waals surface area contributed by atoms with Crippen molar-refractivity contribution in [3.63, 3.8) is 0 Å². The van der Waals surface area contributed by atoms with E-state index in [9.17, 15) is 8.42 Å². The average molecular weight is 332 g/mol. The van der Waals surface area contributed by atoms with Crippen molar-refractivity contribution in [3.05, 3.63) is 54.2 Å². The number of sulfonamides is 1. The van der Waals surface area contributed by atoms with Crippen molar-refractivity contribution >= 4 is 15.7 Å². The summed E-state index contributed by atoms with van der Waals surface area (Å²) in [5.74, 6) is 0. The summed E-state index contributed by atoms with van der Waals surface area (Å²) in [5.41, 5.74) is 1.42. The molecule has 0 N–H and O–H groups in total. The van der Waals surface area contributed by atoms with E-state index in [0.29, 0.717) is 11.7 Å². The summed E-state index contributed by atoms with van der Waals surface area (Å²) in [7, 11) is -0.460. The molecule has 0 bridgehead atoms. The minimum absolute atomic E-state index is 0.201. The summed E-state index contributed by atoms with van der Waals surface area (Å²) < 4.78 is 32.9. The van der Waals surface area contributed by atoms with Crippen molar-refractivity contribution in [1.29, 1.82) is 0 Å². The molecule has 0 radical (unpaired) electrons. The quantitative estimate of drug-likeness (QED) is 0.708. The molecule has 3 aromatic rings. The molecule has 0 aliphatic carbocycles. The van der Waals surface area contributed by atoms with Crippen LogP contribution in [0.3, 0.4) is 0 Å². The molecule has 2 aromatic heterocycles. The number of hydrogen-bond acceptors (Lipinski definition) is 5. The summed E-state index contributed by atoms with van der Waals surface area (Å²) >= 11 is 0. The predicted molar refractivity (Wildman–Crippen MR) is 84.6 cm³/mol. The molecule has 0 spiro atoms. The average Bonchev–Trinajstić information content (AvgIpc) is 2.96. The van der Waals surface area contributed by atoms with E-state index in [1.54, 1.807) is 34.9 Å². The van der Waals surface area contributed by atoms with Gasteiger partial charge in [0.1, 0.15) is 6.61 Å². The highest BCUT2D eigenvalue weighted by molar-refractivity contribution is 7.89. The Morgan fingerprint density at radius 2 is 1.96 bits per heavy atom. The van der Waals surface area contributed by atoms with Crippen molar-refractivity contribution in [2.24, 2.45) is 0 Å². The Hall–Kier alpha value is -2.45. The van der Waals surface area contributed by atoms with Crippen LogP contribution in [0.4, 0.5) is 0 Å². The second-order valence-corrected chi connectivity index (χ2v) is 7.29. The number of aromatic nitrogens is 3. The summed E-state index contributed by atoms with van der Waals surface area (Å²) in [6.45, 7) is 0.201. The van der Waals surface area contributed by atoms with E-state index in [1.165, 1.54) is 18.4 Å². The smallest absolute Gasteiger partial charge is 0.321 e. The van der Waals surface area contributed by atoms with E-state index in [4.69, 9.17) is 4.74 Å². The molecule has 7 nitrogen and oxygen atoms in total. The van der Waals surface area contributed by atoms with Gasteiger partial charge in [-0.15, -0.1) is 5.10 Å². The number of benzene rings is 1. The van der Waals surface area contributed by atoms with Gasteiger partial charge in [0, 0.05) is 20.3 Å². The number of ether oxygens (including phenoxy) is 1. The third-order valence-electron chi connectivity index (χ3n) is 3.33. The SMILES string of the molecule is CN(C)S(=O)(=O)c1cccc(COc2nnc3ccccn23)c1. The van der Waals surface area contributed by atoms with Crippen LogP contribution in [-0.2, 0) is 16.6 Å². The first kappa shape index (κ1) is 15.4. The highest BCUT2D eigenvalue weighted by atomic mass is 32.2. The van der Waals surface area contributed by atoms with Gasteiger partial charge in [0.05, 0.1) is 4.90 Å². The van der Waals surface area contributed by atoms with Gasteiger partial charge in [-0.2, -0.15) is 0 Å². The molecule has 0 fully saturated rings. The molecule has 0 aliphatic heterocycles. The van der Waals surface area contributed by atoms with E-state index in [0.717, 1.165) is 5.56 Å². The normalized spacial score (nSPS) is 12.0. The van der Waals surface area contributed by atoms with E-state index in [1.807, 2.05) is 18.2 Å². The van der Waals surface area contributed by atoms with Gasteiger partial charge < -0.3 is 4.74 Å². The molecule has 120 valence electrons. The minimum atomic E-state index is -3.46. The van der Waals surface area contributed by atoms with Crippen molar-refractivity contribution in [3.8, 4) is 6.01 Å². The Kier molecular flexibility index (Phi) is 4.01. The molecule has 0 saturated heterocycles. The van der Waals surface area contributed by atoms with Crippen LogP contribution >= 0.6 is 0 Å². The van der Waals surface area contributed by atoms with Gasteiger partial charge in [0.25, 0.3) is 0 Å². The Morgan fingerprint density at radius 3 is 2.74 bits per heavy atom. The maximum absolute atomic E-state index is 12.2. The summed E-state index contributed by atoms with van der Waals surface area (Å²) in [5, 5.41) is 7.97. The molecule has 0 unspecified atom stereocenters. The topological polar surface area (TPSA) is 76.8 Å². The Morgan fingerprint density at radius 1 is 1.13 bits per heavy atom. The van der Waals surface area contributed by atoms with Gasteiger partial charge in [0.2, 0.25) is 10.0 Å². The van der Waals surface area contributed by atoms with Gasteiger partial charge in [-0.1, -0.05) is 23.3 Å². The fraction of sp³-hybridized carbons (Fsp3) is 0.200. The fourth-order valence-corrected chi connectivity index (χ4v) is 3.04. The van der Waals surface area contributed by atoms with E-state index < -0.39 is 10.0 Å². The first-order valence-corrected chi connectivity index (χ1v) is 8.36. The number of hydrogen-bond donors (Lipinski definition) is 0. The lowest BCUT2D eigenvalue weighted by atomic mass is 10.2. The monoisotopic (exact) mass is 332 g/mol. The minimum Gasteiger partial charge on any atom is -0.458 e. The largest absolute Gasteiger partial charge is 0.458 e. The highest BCUT2D eigenvalue weighted by Crippen LogP contribution is 2.17. The van der Waals surface area contributed by atoms with Crippen molar-refractivity contribution < 1.29 is 13.2 Å². The van der Waals surface area contributed by atoms with Gasteiger partial charge >= 0.3 is 6.01 Å². The van der Waals surface area contributed by atoms with Gasteiger partial charge in [0.15, 0.2) is 5.65 Å². The van der Waals surface area contributed by atoms with Crippen LogP contribution in [0.15, 0.2) is 53.6 Å². The maximum Gasteiger partial charge on any atom is 0.321 e. The van der Waals surface area contributed by atoms with E-state index in [2.05, 4.69) is 10.2 Å². The van der Waals surface area contributed by atoms with Crippen molar-refractivity contribution in [1.82, 2.24) is 18.9 Å². The predicted octanol–water partition coefficient (Wildman–Crippen LogP) is 1.56. The van der Waals surface area contributed by atoms with Gasteiger partial charge in [-0.05, 0) is 29.8 Å². The zero-order valence-electron chi connectivity index (χ0n) is 12.7. The summed E-state index contributed by atoms with van der Waals surface area (Å²) in [6, 6.07) is 12.6. The Balaban J connectivity index is 1.82. The van der Waals surface area contributed by atoms with Crippen LogP contribution in [0.5, 0.6) is 6.01 Å². The molecule has 8 heteroatoms. The third kappa shape index (κ3) is 3.03. The van der Waals surface area contributed by atoms with Gasteiger partial charge in [-0.3, -0.25) is 4.40 Å². The number of pyridine rings is 1. The van der Waals surface area contributed by atoms with Crippen LogP contribution in [0.2, 0.25) is 0 Å². The molecule has 0 amide bonds. The first-order chi connectivity index (χ1) is 11.0. The zero-order chi connectivity index (χ0) is 16.4. The van der Waals surface area contributed by atoms with Crippen LogP contribution < -0.4 is 4.74 Å². The number of rotatable bonds is 5. The van der Waals surface area contributed by atoms with E-state index >= 15 is 0 Å². The molecule has 0 atom stereocenters. The Labute approximate surface area is 134 Å². The molecule has 1 aromatic carbocycles. The number of nitrogens with zero attached hydrogens (tertiary/aromatic N) is 4. The molecule has 23 heavy (non-hydrogen) atoms. The molecule has 3 rings (SSSR count). The molecule has 2 heterocycles. The van der Waals surface area contributed by atoms with Crippen LogP contribution in [0.25, 0.3) is 5.65 Å². The lowest BCUT2D eigenvalue weighted by molar-refractivity contribution is 0.277. The lowest BCUT2D eigenvalue weighted by Gasteiger charge is -2.12. The van der Waals surface area contributed by atoms with Crippen molar-refractivity contribution in [2.75, 3.05) is 14.1 Å². The van der Waals surface area contributed by atoms with E-state index in [-0.39, 0.29) is 11.5 Å². The number of fused-ring (bicyclic) bond motifs is 1. The highest BCUT2D eigenvalue weighted by Gasteiger charge is 2.17. The van der Waals surface area contributed by atoms with Crippen LogP contribution in [0.1, 0.15) is 5.56 Å². The summed E-state index contributed by atoms with van der Waals surface area (Å²) in [6.07, 6.45) is 1.80. The standard InChI is InChI=1S/C15H16N4O3S/c1-18(2)23(20,21)13-7-5-6-12(10-13)11-22-15-17-16-14-8-3-4-9-19(14)15/h3-10H,11H2,1-2H3. The third-order valence-corrected chi connectivity index (χ3v) is 5.14. The van der Waals surface area contributed by atoms with Crippen LogP contribution in [-0.4, -0.2) is 41.4 Å². The molecular formula is C15H16N4O3S. The van der Waals surface area contributed by atoms with Crippen molar-refractivity contribution in [2.45, 2.75) is 11.5 Å². The zero-order valence-corrected chi connectivity index (χ0v) is 13.6. The fourth-order valence-electron chi connectivity index (χ4n) is 2.07. The second kappa shape index (κ2) is 5.98. The lowest BCUT2D eigenvalue weighted by Crippen LogP contribution is -2.22. The van der Waals surface area contributed by atoms with Gasteiger partial charge in [-0.25, -0.2) is 12.7 Å². The maximum atomic E-state index is 12.2. The Bertz CT molecular complexity index is 935. The molecule has 0 aliphatic rings. The second-order valence-electron chi connectivity index (χ2n) is 5.13.